The van der Waals surface area contributed by atoms with Crippen molar-refractivity contribution in [1.29, 1.82) is 0 Å². The molecule has 0 aliphatic heterocycles. The molecule has 19 heavy (non-hydrogen) atoms. The quantitative estimate of drug-likeness (QED) is 0.883. The molecule has 0 radical (unpaired) electrons. The van der Waals surface area contributed by atoms with E-state index in [0.29, 0.717) is 30.4 Å². The molecule has 2 aromatic rings. The summed E-state index contributed by atoms with van der Waals surface area (Å²) in [6.45, 7) is 4.97. The van der Waals surface area contributed by atoms with Crippen LogP contribution in [-0.2, 0) is 0 Å². The molecule has 102 valence electrons. The second-order valence-corrected chi connectivity index (χ2v) is 4.61. The number of aromatic nitrogens is 1. The summed E-state index contributed by atoms with van der Waals surface area (Å²) in [4.78, 5) is 4.12. The highest BCUT2D eigenvalue weighted by atomic mass is 32.1. The van der Waals surface area contributed by atoms with Crippen LogP contribution in [0.2, 0.25) is 0 Å². The minimum atomic E-state index is -0.735. The van der Waals surface area contributed by atoms with Crippen molar-refractivity contribution < 1.29 is 14.6 Å². The number of thiazole rings is 1. The topological polar surface area (TPSA) is 51.6 Å². The molecule has 1 heterocycles. The Labute approximate surface area is 116 Å². The summed E-state index contributed by atoms with van der Waals surface area (Å²) in [6, 6.07) is 5.45. The average molecular weight is 279 g/mol. The van der Waals surface area contributed by atoms with Crippen molar-refractivity contribution in [1.82, 2.24) is 4.98 Å². The molecule has 0 amide bonds. The van der Waals surface area contributed by atoms with E-state index >= 15 is 0 Å². The third-order valence-corrected chi connectivity index (χ3v) is 3.22. The molecule has 0 saturated heterocycles. The SMILES string of the molecule is CCOc1ccc(C(O)c2cscn2)cc1OCC. The lowest BCUT2D eigenvalue weighted by molar-refractivity contribution is 0.214. The van der Waals surface area contributed by atoms with E-state index in [4.69, 9.17) is 9.47 Å². The molecule has 5 heteroatoms. The van der Waals surface area contributed by atoms with Crippen LogP contribution in [0.25, 0.3) is 0 Å². The van der Waals surface area contributed by atoms with Crippen LogP contribution in [0.15, 0.2) is 29.1 Å². The van der Waals surface area contributed by atoms with Gasteiger partial charge in [0, 0.05) is 5.38 Å². The van der Waals surface area contributed by atoms with Crippen LogP contribution >= 0.6 is 11.3 Å². The highest BCUT2D eigenvalue weighted by Gasteiger charge is 2.15. The minimum Gasteiger partial charge on any atom is -0.490 e. The smallest absolute Gasteiger partial charge is 0.161 e. The zero-order chi connectivity index (χ0) is 13.7. The zero-order valence-corrected chi connectivity index (χ0v) is 11.8. The average Bonchev–Trinajstić information content (AvgIpc) is 2.94. The minimum absolute atomic E-state index is 0.552. The van der Waals surface area contributed by atoms with Gasteiger partial charge < -0.3 is 14.6 Å². The van der Waals surface area contributed by atoms with Crippen molar-refractivity contribution in [2.75, 3.05) is 13.2 Å². The van der Waals surface area contributed by atoms with Crippen LogP contribution in [0, 0.1) is 0 Å². The van der Waals surface area contributed by atoms with Gasteiger partial charge in [0.15, 0.2) is 11.5 Å². The summed E-state index contributed by atoms with van der Waals surface area (Å²) < 4.78 is 11.0. The van der Waals surface area contributed by atoms with E-state index in [1.165, 1.54) is 11.3 Å². The monoisotopic (exact) mass is 279 g/mol. The van der Waals surface area contributed by atoms with Crippen LogP contribution < -0.4 is 9.47 Å². The van der Waals surface area contributed by atoms with Gasteiger partial charge in [0.25, 0.3) is 0 Å². The summed E-state index contributed by atoms with van der Waals surface area (Å²) in [7, 11) is 0. The fourth-order valence-corrected chi connectivity index (χ4v) is 2.34. The van der Waals surface area contributed by atoms with Gasteiger partial charge in [-0.05, 0) is 31.5 Å². The lowest BCUT2D eigenvalue weighted by Gasteiger charge is -2.14. The van der Waals surface area contributed by atoms with Crippen molar-refractivity contribution >= 4 is 11.3 Å². The maximum absolute atomic E-state index is 10.2. The summed E-state index contributed by atoms with van der Waals surface area (Å²) in [5.74, 6) is 1.34. The number of hydrogen-bond acceptors (Lipinski definition) is 5. The van der Waals surface area contributed by atoms with Crippen LogP contribution in [-0.4, -0.2) is 23.3 Å². The summed E-state index contributed by atoms with van der Waals surface area (Å²) in [6.07, 6.45) is -0.735. The molecular formula is C14H17NO3S. The number of aliphatic hydroxyl groups excluding tert-OH is 1. The van der Waals surface area contributed by atoms with Crippen molar-refractivity contribution in [3.63, 3.8) is 0 Å². The molecule has 0 aliphatic carbocycles. The molecule has 1 atom stereocenters. The highest BCUT2D eigenvalue weighted by molar-refractivity contribution is 7.07. The molecule has 2 rings (SSSR count). The normalized spacial score (nSPS) is 12.2. The lowest BCUT2D eigenvalue weighted by Crippen LogP contribution is -2.03. The number of aliphatic hydroxyl groups is 1. The van der Waals surface area contributed by atoms with E-state index < -0.39 is 6.10 Å². The molecule has 0 aliphatic rings. The van der Waals surface area contributed by atoms with E-state index in [-0.39, 0.29) is 0 Å². The number of nitrogens with zero attached hydrogens (tertiary/aromatic N) is 1. The molecule has 0 saturated carbocycles. The lowest BCUT2D eigenvalue weighted by atomic mass is 10.1. The molecule has 1 unspecified atom stereocenters. The number of hydrogen-bond donors (Lipinski definition) is 1. The Morgan fingerprint density at radius 1 is 1.21 bits per heavy atom. The summed E-state index contributed by atoms with van der Waals surface area (Å²) in [5.41, 5.74) is 3.10. The van der Waals surface area contributed by atoms with Crippen LogP contribution in [0.5, 0.6) is 11.5 Å². The van der Waals surface area contributed by atoms with Crippen molar-refractivity contribution in [3.8, 4) is 11.5 Å². The van der Waals surface area contributed by atoms with Gasteiger partial charge in [-0.25, -0.2) is 4.98 Å². The molecule has 1 aromatic carbocycles. The fraction of sp³-hybridized carbons (Fsp3) is 0.357. The van der Waals surface area contributed by atoms with Gasteiger partial charge in [0.05, 0.1) is 24.4 Å². The van der Waals surface area contributed by atoms with E-state index in [2.05, 4.69) is 4.98 Å². The number of benzene rings is 1. The van der Waals surface area contributed by atoms with Gasteiger partial charge in [-0.15, -0.1) is 11.3 Å². The van der Waals surface area contributed by atoms with Crippen molar-refractivity contribution in [2.45, 2.75) is 20.0 Å². The molecule has 4 nitrogen and oxygen atoms in total. The third kappa shape index (κ3) is 3.24. The van der Waals surface area contributed by atoms with Crippen LogP contribution in [0.1, 0.15) is 31.2 Å². The molecule has 0 spiro atoms. The van der Waals surface area contributed by atoms with Gasteiger partial charge in [-0.3, -0.25) is 0 Å². The Morgan fingerprint density at radius 3 is 2.58 bits per heavy atom. The van der Waals surface area contributed by atoms with E-state index in [1.54, 1.807) is 11.6 Å². The Morgan fingerprint density at radius 2 is 1.95 bits per heavy atom. The fourth-order valence-electron chi connectivity index (χ4n) is 1.77. The predicted octanol–water partition coefficient (Wildman–Crippen LogP) is 3.02. The standard InChI is InChI=1S/C14H17NO3S/c1-3-17-12-6-5-10(7-13(12)18-4-2)14(16)11-8-19-9-15-11/h5-9,14,16H,3-4H2,1-2H3. The number of rotatable bonds is 6. The second kappa shape index (κ2) is 6.54. The van der Waals surface area contributed by atoms with Crippen LogP contribution in [0.3, 0.4) is 0 Å². The molecule has 0 bridgehead atoms. The van der Waals surface area contributed by atoms with Crippen molar-refractivity contribution in [2.24, 2.45) is 0 Å². The van der Waals surface area contributed by atoms with Gasteiger partial charge in [0.1, 0.15) is 6.10 Å². The Balaban J connectivity index is 2.29. The third-order valence-electron chi connectivity index (χ3n) is 2.61. The highest BCUT2D eigenvalue weighted by Crippen LogP contribution is 2.32. The molecular weight excluding hydrogens is 262 g/mol. The van der Waals surface area contributed by atoms with Gasteiger partial charge >= 0.3 is 0 Å². The maximum Gasteiger partial charge on any atom is 0.161 e. The first-order chi connectivity index (χ1) is 9.26. The van der Waals surface area contributed by atoms with Crippen LogP contribution in [0.4, 0.5) is 0 Å². The first kappa shape index (κ1) is 13.8. The maximum atomic E-state index is 10.2. The van der Waals surface area contributed by atoms with E-state index in [9.17, 15) is 5.11 Å². The number of ether oxygens (including phenoxy) is 2. The summed E-state index contributed by atoms with van der Waals surface area (Å²) >= 11 is 1.46. The predicted molar refractivity (Wildman–Crippen MR) is 75.0 cm³/mol. The zero-order valence-electron chi connectivity index (χ0n) is 11.0. The van der Waals surface area contributed by atoms with E-state index in [0.717, 1.165) is 5.56 Å². The Hall–Kier alpha value is -1.59. The Kier molecular flexibility index (Phi) is 4.76. The van der Waals surface area contributed by atoms with Gasteiger partial charge in [-0.2, -0.15) is 0 Å². The summed E-state index contributed by atoms with van der Waals surface area (Å²) in [5, 5.41) is 12.1. The molecule has 1 aromatic heterocycles. The van der Waals surface area contributed by atoms with E-state index in [1.807, 2.05) is 31.4 Å². The first-order valence-electron chi connectivity index (χ1n) is 6.22. The Bertz CT molecular complexity index is 513. The van der Waals surface area contributed by atoms with Gasteiger partial charge in [0.2, 0.25) is 0 Å². The molecule has 1 N–H and O–H groups in total. The molecule has 0 fully saturated rings. The first-order valence-corrected chi connectivity index (χ1v) is 7.16. The largest absolute Gasteiger partial charge is 0.490 e. The van der Waals surface area contributed by atoms with Crippen molar-refractivity contribution in [3.05, 3.63) is 40.3 Å². The van der Waals surface area contributed by atoms with Gasteiger partial charge in [-0.1, -0.05) is 6.07 Å². The second-order valence-electron chi connectivity index (χ2n) is 3.89.